The van der Waals surface area contributed by atoms with E-state index in [0.29, 0.717) is 6.42 Å². The normalized spacial score (nSPS) is 9.64. The summed E-state index contributed by atoms with van der Waals surface area (Å²) in [6, 6.07) is 0. The summed E-state index contributed by atoms with van der Waals surface area (Å²) in [6.07, 6.45) is 18.4. The van der Waals surface area contributed by atoms with Gasteiger partial charge >= 0.3 is 49.9 Å². The van der Waals surface area contributed by atoms with Crippen molar-refractivity contribution in [2.45, 2.75) is 110 Å². The molecule has 6 heteroatoms. The van der Waals surface area contributed by atoms with E-state index in [1.165, 1.54) is 83.5 Å². The standard InChI is InChI=1S/C18H36O2.CH2O3.Ca.2H/c1-2-3-4-5-6-7-8-9-10-11-12-13-14-15-16-17-18(19)20;2-1(3)4;;;/h2-17H2,1H3,(H,19,20);(H2,2,3,4);;;. The van der Waals surface area contributed by atoms with Crippen molar-refractivity contribution in [2.75, 3.05) is 0 Å². The topological polar surface area (TPSA) is 94.8 Å². The summed E-state index contributed by atoms with van der Waals surface area (Å²) in [5.74, 6) is -0.653. The van der Waals surface area contributed by atoms with Crippen LogP contribution in [-0.2, 0) is 4.79 Å². The van der Waals surface area contributed by atoms with Gasteiger partial charge in [-0.3, -0.25) is 4.79 Å². The van der Waals surface area contributed by atoms with Crippen molar-refractivity contribution in [2.24, 2.45) is 0 Å². The molecule has 0 aliphatic carbocycles. The van der Waals surface area contributed by atoms with E-state index in [-0.39, 0.29) is 37.7 Å². The third kappa shape index (κ3) is 40.2. The Morgan fingerprint density at radius 1 is 0.560 bits per heavy atom. The number of hydrogen-bond donors (Lipinski definition) is 3. The van der Waals surface area contributed by atoms with E-state index in [1.54, 1.807) is 0 Å². The summed E-state index contributed by atoms with van der Waals surface area (Å²) in [5.41, 5.74) is 0. The van der Waals surface area contributed by atoms with Crippen LogP contribution < -0.4 is 0 Å². The Bertz CT molecular complexity index is 281. The second-order valence-corrected chi connectivity index (χ2v) is 6.38. The Labute approximate surface area is 183 Å². The molecule has 0 radical (unpaired) electrons. The Balaban J connectivity index is -0.000000867. The van der Waals surface area contributed by atoms with Gasteiger partial charge < -0.3 is 15.3 Å². The van der Waals surface area contributed by atoms with Gasteiger partial charge in [0.15, 0.2) is 0 Å². The number of unbranched alkanes of at least 4 members (excludes halogenated alkanes) is 14. The molecular weight excluding hydrogens is 348 g/mol. The molecule has 0 aliphatic rings. The fraction of sp³-hybridized carbons (Fsp3) is 0.895. The number of rotatable bonds is 16. The first-order valence-electron chi connectivity index (χ1n) is 9.64. The van der Waals surface area contributed by atoms with Gasteiger partial charge in [0.1, 0.15) is 0 Å². The molecule has 0 aromatic rings. The molecule has 0 heterocycles. The molecule has 0 saturated carbocycles. The molecule has 25 heavy (non-hydrogen) atoms. The number of carboxylic acid groups (broad SMARTS) is 3. The van der Waals surface area contributed by atoms with Crippen LogP contribution in [0.1, 0.15) is 110 Å². The van der Waals surface area contributed by atoms with Crippen LogP contribution in [0.3, 0.4) is 0 Å². The average molecular weight is 389 g/mol. The molecule has 5 nitrogen and oxygen atoms in total. The molecule has 0 bridgehead atoms. The maximum atomic E-state index is 10.3. The van der Waals surface area contributed by atoms with Crippen LogP contribution in [0.15, 0.2) is 0 Å². The fourth-order valence-electron chi connectivity index (χ4n) is 2.65. The summed E-state index contributed by atoms with van der Waals surface area (Å²) in [7, 11) is 0. The summed E-state index contributed by atoms with van der Waals surface area (Å²) in [4.78, 5) is 18.9. The first kappa shape index (κ1) is 29.8. The minimum atomic E-state index is -1.83. The van der Waals surface area contributed by atoms with Crippen molar-refractivity contribution in [1.29, 1.82) is 0 Å². The SMILES string of the molecule is CCCCCCCCCCCCCCCCCC(=O)O.O=C(O)O.[CaH2]. The van der Waals surface area contributed by atoms with E-state index in [0.717, 1.165) is 12.8 Å². The van der Waals surface area contributed by atoms with Crippen molar-refractivity contribution < 1.29 is 24.9 Å². The van der Waals surface area contributed by atoms with Crippen LogP contribution in [0.5, 0.6) is 0 Å². The summed E-state index contributed by atoms with van der Waals surface area (Å²) < 4.78 is 0. The van der Waals surface area contributed by atoms with E-state index < -0.39 is 12.1 Å². The van der Waals surface area contributed by atoms with Gasteiger partial charge in [-0.2, -0.15) is 0 Å². The Morgan fingerprint density at radius 3 is 1.04 bits per heavy atom. The average Bonchev–Trinajstić information content (AvgIpc) is 2.50. The third-order valence-electron chi connectivity index (χ3n) is 3.99. The van der Waals surface area contributed by atoms with Crippen molar-refractivity contribution in [3.8, 4) is 0 Å². The van der Waals surface area contributed by atoms with E-state index in [2.05, 4.69) is 6.92 Å². The van der Waals surface area contributed by atoms with Crippen molar-refractivity contribution in [3.63, 3.8) is 0 Å². The molecule has 0 unspecified atom stereocenters. The van der Waals surface area contributed by atoms with Crippen LogP contribution >= 0.6 is 0 Å². The monoisotopic (exact) mass is 388 g/mol. The van der Waals surface area contributed by atoms with E-state index >= 15 is 0 Å². The molecule has 0 aromatic carbocycles. The summed E-state index contributed by atoms with van der Waals surface area (Å²) in [6.45, 7) is 2.27. The van der Waals surface area contributed by atoms with Crippen molar-refractivity contribution in [1.82, 2.24) is 0 Å². The second-order valence-electron chi connectivity index (χ2n) is 6.38. The summed E-state index contributed by atoms with van der Waals surface area (Å²) >= 11 is 0. The maximum absolute atomic E-state index is 10.3. The predicted octanol–water partition coefficient (Wildman–Crippen LogP) is 5.64. The fourth-order valence-corrected chi connectivity index (χ4v) is 2.65. The Morgan fingerprint density at radius 2 is 0.800 bits per heavy atom. The molecule has 0 saturated heterocycles. The molecule has 148 valence electrons. The second kappa shape index (κ2) is 26.2. The van der Waals surface area contributed by atoms with Gasteiger partial charge in [0, 0.05) is 6.42 Å². The number of aliphatic carboxylic acids is 1. The molecule has 0 amide bonds. The number of carbonyl (C=O) groups is 2. The van der Waals surface area contributed by atoms with E-state index in [4.69, 9.17) is 20.1 Å². The number of carboxylic acids is 1. The van der Waals surface area contributed by atoms with Gasteiger partial charge in [-0.25, -0.2) is 4.79 Å². The molecule has 0 spiro atoms. The van der Waals surface area contributed by atoms with Gasteiger partial charge in [0.2, 0.25) is 0 Å². The van der Waals surface area contributed by atoms with Gasteiger partial charge in [0.25, 0.3) is 0 Å². The molecule has 0 rings (SSSR count). The quantitative estimate of drug-likeness (QED) is 0.235. The molecule has 0 aromatic heterocycles. The van der Waals surface area contributed by atoms with Crippen LogP contribution in [0, 0.1) is 0 Å². The van der Waals surface area contributed by atoms with Gasteiger partial charge in [-0.15, -0.1) is 0 Å². The van der Waals surface area contributed by atoms with Crippen molar-refractivity contribution >= 4 is 49.9 Å². The molecule has 3 N–H and O–H groups in total. The third-order valence-corrected chi connectivity index (χ3v) is 3.99. The zero-order chi connectivity index (χ0) is 18.5. The molecular formula is C19H40CaO5. The van der Waals surface area contributed by atoms with E-state index in [1.807, 2.05) is 0 Å². The minimum absolute atomic E-state index is 0. The molecule has 0 fully saturated rings. The van der Waals surface area contributed by atoms with Crippen LogP contribution in [0.4, 0.5) is 4.79 Å². The van der Waals surface area contributed by atoms with Gasteiger partial charge in [-0.05, 0) is 6.42 Å². The Kier molecular flexibility index (Phi) is 31.2. The molecule has 0 aliphatic heterocycles. The first-order chi connectivity index (χ1) is 11.5. The Hall–Kier alpha value is -0.000260. The van der Waals surface area contributed by atoms with Gasteiger partial charge in [-0.1, -0.05) is 96.8 Å². The molecule has 0 atom stereocenters. The van der Waals surface area contributed by atoms with E-state index in [9.17, 15) is 4.79 Å². The van der Waals surface area contributed by atoms with Crippen molar-refractivity contribution in [3.05, 3.63) is 0 Å². The zero-order valence-electron chi connectivity index (χ0n) is 15.5. The first-order valence-corrected chi connectivity index (χ1v) is 9.64. The van der Waals surface area contributed by atoms with Crippen LogP contribution in [0.25, 0.3) is 0 Å². The van der Waals surface area contributed by atoms with Gasteiger partial charge in [0.05, 0.1) is 0 Å². The number of hydrogen-bond acceptors (Lipinski definition) is 2. The van der Waals surface area contributed by atoms with Crippen LogP contribution in [0.2, 0.25) is 0 Å². The van der Waals surface area contributed by atoms with Crippen LogP contribution in [-0.4, -0.2) is 65.2 Å². The zero-order valence-corrected chi connectivity index (χ0v) is 15.5. The summed E-state index contributed by atoms with van der Waals surface area (Å²) in [5, 5.41) is 22.5. The predicted molar refractivity (Wildman–Crippen MR) is 106 cm³/mol.